The van der Waals surface area contributed by atoms with Gasteiger partial charge in [-0.25, -0.2) is 13.1 Å². The van der Waals surface area contributed by atoms with E-state index in [4.69, 9.17) is 0 Å². The second-order valence-corrected chi connectivity index (χ2v) is 8.28. The van der Waals surface area contributed by atoms with Crippen LogP contribution in [0.15, 0.2) is 53.4 Å². The Bertz CT molecular complexity index is 943. The highest BCUT2D eigenvalue weighted by Gasteiger charge is 2.18. The Labute approximate surface area is 165 Å². The van der Waals surface area contributed by atoms with Gasteiger partial charge in [-0.05, 0) is 30.2 Å². The number of carbonyl (C=O) groups excluding carboxylic acids is 2. The van der Waals surface area contributed by atoms with Gasteiger partial charge in [0.25, 0.3) is 0 Å². The molecule has 0 saturated heterocycles. The fourth-order valence-electron chi connectivity index (χ4n) is 2.68. The number of anilines is 1. The van der Waals surface area contributed by atoms with E-state index in [-0.39, 0.29) is 29.7 Å². The molecule has 0 aliphatic heterocycles. The number of nitrogens with zero attached hydrogens (tertiary/aromatic N) is 1. The van der Waals surface area contributed by atoms with Crippen LogP contribution in [0, 0.1) is 6.92 Å². The van der Waals surface area contributed by atoms with Crippen molar-refractivity contribution in [1.82, 2.24) is 9.62 Å². The van der Waals surface area contributed by atoms with Gasteiger partial charge in [-0.15, -0.1) is 0 Å². The normalized spacial score (nSPS) is 11.1. The van der Waals surface area contributed by atoms with Crippen molar-refractivity contribution in [3.63, 3.8) is 0 Å². The van der Waals surface area contributed by atoms with Gasteiger partial charge in [0.05, 0.1) is 4.90 Å². The average molecular weight is 404 g/mol. The predicted molar refractivity (Wildman–Crippen MR) is 108 cm³/mol. The molecule has 7 nitrogen and oxygen atoms in total. The predicted octanol–water partition coefficient (Wildman–Crippen LogP) is 2.28. The number of hydrogen-bond donors (Lipinski definition) is 2. The largest absolute Gasteiger partial charge is 0.341 e. The topological polar surface area (TPSA) is 95.6 Å². The number of carbonyl (C=O) groups is 2. The van der Waals surface area contributed by atoms with Gasteiger partial charge in [-0.2, -0.15) is 0 Å². The van der Waals surface area contributed by atoms with E-state index in [1.165, 1.54) is 13.0 Å². The molecule has 0 radical (unpaired) electrons. The van der Waals surface area contributed by atoms with Gasteiger partial charge in [0.2, 0.25) is 21.8 Å². The average Bonchev–Trinajstić information content (AvgIpc) is 2.63. The summed E-state index contributed by atoms with van der Waals surface area (Å²) >= 11 is 0. The Morgan fingerprint density at radius 1 is 1.07 bits per heavy atom. The summed E-state index contributed by atoms with van der Waals surface area (Å²) < 4.78 is 27.6. The van der Waals surface area contributed by atoms with Crippen LogP contribution < -0.4 is 10.0 Å². The van der Waals surface area contributed by atoms with Crippen molar-refractivity contribution in [2.75, 3.05) is 18.9 Å². The van der Waals surface area contributed by atoms with Crippen molar-refractivity contribution in [1.29, 1.82) is 0 Å². The Morgan fingerprint density at radius 2 is 1.75 bits per heavy atom. The molecular weight excluding hydrogens is 378 g/mol. The molecule has 0 heterocycles. The maximum Gasteiger partial charge on any atom is 0.240 e. The van der Waals surface area contributed by atoms with E-state index < -0.39 is 10.0 Å². The van der Waals surface area contributed by atoms with Crippen molar-refractivity contribution in [2.24, 2.45) is 0 Å². The molecular formula is C20H25N3O4S. The minimum absolute atomic E-state index is 0.00982. The second-order valence-electron chi connectivity index (χ2n) is 6.54. The lowest BCUT2D eigenvalue weighted by atomic mass is 10.2. The van der Waals surface area contributed by atoms with Crippen LogP contribution in [0.25, 0.3) is 0 Å². The Kier molecular flexibility index (Phi) is 7.31. The van der Waals surface area contributed by atoms with Gasteiger partial charge < -0.3 is 10.2 Å². The van der Waals surface area contributed by atoms with E-state index in [0.717, 1.165) is 5.56 Å². The molecule has 0 aliphatic carbocycles. The summed E-state index contributed by atoms with van der Waals surface area (Å²) in [5, 5.41) is 2.56. The van der Waals surface area contributed by atoms with Gasteiger partial charge in [0.1, 0.15) is 0 Å². The lowest BCUT2D eigenvalue weighted by molar-refractivity contribution is -0.130. The summed E-state index contributed by atoms with van der Waals surface area (Å²) in [6.07, 6.45) is 0.0486. The first-order chi connectivity index (χ1) is 13.2. The van der Waals surface area contributed by atoms with Crippen molar-refractivity contribution in [3.8, 4) is 0 Å². The first-order valence-electron chi connectivity index (χ1n) is 8.85. The molecule has 0 fully saturated rings. The third-order valence-electron chi connectivity index (χ3n) is 4.12. The van der Waals surface area contributed by atoms with Crippen molar-refractivity contribution in [2.45, 2.75) is 31.7 Å². The molecule has 0 unspecified atom stereocenters. The molecule has 8 heteroatoms. The first kappa shape index (κ1) is 21.6. The lowest BCUT2D eigenvalue weighted by Gasteiger charge is -2.17. The molecule has 0 bridgehead atoms. The third-order valence-corrected chi connectivity index (χ3v) is 5.72. The maximum absolute atomic E-state index is 12.6. The molecule has 2 N–H and O–H groups in total. The van der Waals surface area contributed by atoms with Crippen LogP contribution in [0.4, 0.5) is 5.69 Å². The molecule has 28 heavy (non-hydrogen) atoms. The van der Waals surface area contributed by atoms with Crippen LogP contribution in [0.3, 0.4) is 0 Å². The fraction of sp³-hybridized carbons (Fsp3) is 0.300. The van der Waals surface area contributed by atoms with Crippen LogP contribution in [0.5, 0.6) is 0 Å². The van der Waals surface area contributed by atoms with E-state index in [1.54, 1.807) is 31.0 Å². The van der Waals surface area contributed by atoms with Crippen LogP contribution in [0.2, 0.25) is 0 Å². The molecule has 0 atom stereocenters. The summed E-state index contributed by atoms with van der Waals surface area (Å²) in [5.74, 6) is -0.442. The highest BCUT2D eigenvalue weighted by atomic mass is 32.2. The minimum Gasteiger partial charge on any atom is -0.341 e. The van der Waals surface area contributed by atoms with E-state index in [1.807, 2.05) is 30.3 Å². The number of aryl methyl sites for hydroxylation is 1. The molecule has 0 saturated carbocycles. The summed E-state index contributed by atoms with van der Waals surface area (Å²) in [6, 6.07) is 14.2. The highest BCUT2D eigenvalue weighted by molar-refractivity contribution is 7.89. The molecule has 2 aromatic carbocycles. The van der Waals surface area contributed by atoms with E-state index in [0.29, 0.717) is 17.8 Å². The number of amides is 2. The Balaban J connectivity index is 1.96. The van der Waals surface area contributed by atoms with Crippen molar-refractivity contribution in [3.05, 3.63) is 59.7 Å². The van der Waals surface area contributed by atoms with Crippen molar-refractivity contribution >= 4 is 27.5 Å². The molecule has 0 spiro atoms. The molecule has 0 aromatic heterocycles. The number of benzene rings is 2. The van der Waals surface area contributed by atoms with E-state index in [2.05, 4.69) is 10.0 Å². The summed E-state index contributed by atoms with van der Waals surface area (Å²) in [6.45, 7) is 3.48. The zero-order valence-corrected chi connectivity index (χ0v) is 17.0. The smallest absolute Gasteiger partial charge is 0.240 e. The monoisotopic (exact) mass is 403 g/mol. The molecule has 2 amide bonds. The quantitative estimate of drug-likeness (QED) is 0.707. The van der Waals surface area contributed by atoms with Gasteiger partial charge in [-0.3, -0.25) is 9.59 Å². The Hall–Kier alpha value is -2.71. The lowest BCUT2D eigenvalue weighted by Crippen LogP contribution is -2.32. The summed E-state index contributed by atoms with van der Waals surface area (Å²) in [7, 11) is -2.12. The van der Waals surface area contributed by atoms with E-state index in [9.17, 15) is 18.0 Å². The standard InChI is InChI=1S/C20H25N3O4S/c1-15-9-10-18(22-16(2)24)13-19(15)28(26,27)21-12-11-20(25)23(3)14-17-7-5-4-6-8-17/h4-10,13,21H,11-12,14H2,1-3H3,(H,22,24). The number of rotatable bonds is 8. The van der Waals surface area contributed by atoms with Gasteiger partial charge >= 0.3 is 0 Å². The Morgan fingerprint density at radius 3 is 2.39 bits per heavy atom. The second kappa shape index (κ2) is 9.48. The molecule has 150 valence electrons. The number of nitrogens with one attached hydrogen (secondary N) is 2. The van der Waals surface area contributed by atoms with Crippen molar-refractivity contribution < 1.29 is 18.0 Å². The van der Waals surface area contributed by atoms with Crippen LogP contribution >= 0.6 is 0 Å². The maximum atomic E-state index is 12.6. The zero-order chi connectivity index (χ0) is 20.7. The van der Waals surface area contributed by atoms with Crippen LogP contribution in [-0.2, 0) is 26.2 Å². The third kappa shape index (κ3) is 6.17. The molecule has 2 rings (SSSR count). The zero-order valence-electron chi connectivity index (χ0n) is 16.2. The molecule has 2 aromatic rings. The van der Waals surface area contributed by atoms with Gasteiger partial charge in [0, 0.05) is 39.2 Å². The number of sulfonamides is 1. The first-order valence-corrected chi connectivity index (χ1v) is 10.3. The molecule has 0 aliphatic rings. The number of hydrogen-bond acceptors (Lipinski definition) is 4. The fourth-order valence-corrected chi connectivity index (χ4v) is 3.98. The van der Waals surface area contributed by atoms with Crippen LogP contribution in [0.1, 0.15) is 24.5 Å². The van der Waals surface area contributed by atoms with Crippen LogP contribution in [-0.4, -0.2) is 38.7 Å². The summed E-state index contributed by atoms with van der Waals surface area (Å²) in [4.78, 5) is 25.1. The minimum atomic E-state index is -3.80. The van der Waals surface area contributed by atoms with E-state index >= 15 is 0 Å². The van der Waals surface area contributed by atoms with Gasteiger partial charge in [0.15, 0.2) is 0 Å². The van der Waals surface area contributed by atoms with Gasteiger partial charge in [-0.1, -0.05) is 36.4 Å². The highest BCUT2D eigenvalue weighted by Crippen LogP contribution is 2.20. The SMILES string of the molecule is CC(=O)Nc1ccc(C)c(S(=O)(=O)NCCC(=O)N(C)Cc2ccccc2)c1. The summed E-state index contributed by atoms with van der Waals surface area (Å²) in [5.41, 5.74) is 1.95.